The summed E-state index contributed by atoms with van der Waals surface area (Å²) in [5.74, 6) is -1.47. The van der Waals surface area contributed by atoms with E-state index in [4.69, 9.17) is 11.6 Å². The Bertz CT molecular complexity index is 1030. The van der Waals surface area contributed by atoms with Crippen molar-refractivity contribution in [3.8, 4) is 0 Å². The number of hydrogen-bond donors (Lipinski definition) is 1. The first-order valence-corrected chi connectivity index (χ1v) is 9.52. The molecule has 0 bridgehead atoms. The van der Waals surface area contributed by atoms with Crippen LogP contribution in [0.1, 0.15) is 55.3 Å². The Labute approximate surface area is 173 Å². The Kier molecular flexibility index (Phi) is 5.70. The van der Waals surface area contributed by atoms with Crippen molar-refractivity contribution in [1.82, 2.24) is 9.80 Å². The summed E-state index contributed by atoms with van der Waals surface area (Å²) < 4.78 is 0. The maximum atomic E-state index is 12.6. The van der Waals surface area contributed by atoms with Gasteiger partial charge in [-0.25, -0.2) is 0 Å². The minimum absolute atomic E-state index is 0.177. The highest BCUT2D eigenvalue weighted by atomic mass is 35.5. The van der Waals surface area contributed by atoms with Crippen LogP contribution in [0.2, 0.25) is 5.02 Å². The van der Waals surface area contributed by atoms with Crippen LogP contribution in [0, 0.1) is 0 Å². The highest BCUT2D eigenvalue weighted by molar-refractivity contribution is 6.34. The number of benzene rings is 2. The Hall–Kier alpha value is -3.19. The molecule has 8 heteroatoms. The van der Waals surface area contributed by atoms with Gasteiger partial charge in [-0.3, -0.25) is 24.1 Å². The third kappa shape index (κ3) is 3.73. The summed E-state index contributed by atoms with van der Waals surface area (Å²) in [5.41, 5.74) is 1.48. The normalized spacial score (nSPS) is 12.8. The van der Waals surface area contributed by atoms with Crippen LogP contribution in [0.3, 0.4) is 0 Å². The molecule has 1 heterocycles. The molecule has 0 spiro atoms. The van der Waals surface area contributed by atoms with Crippen LogP contribution in [0.4, 0.5) is 5.69 Å². The summed E-state index contributed by atoms with van der Waals surface area (Å²) in [6.45, 7) is 4.91. The molecule has 7 nitrogen and oxygen atoms in total. The maximum Gasteiger partial charge on any atom is 0.261 e. The van der Waals surface area contributed by atoms with Crippen LogP contribution >= 0.6 is 11.6 Å². The van der Waals surface area contributed by atoms with Crippen LogP contribution in [-0.2, 0) is 0 Å². The Balaban J connectivity index is 1.80. The molecule has 0 fully saturated rings. The van der Waals surface area contributed by atoms with Gasteiger partial charge < -0.3 is 10.2 Å². The number of carbonyl (C=O) groups excluding carboxylic acids is 4. The number of imide groups is 1. The minimum Gasteiger partial charge on any atom is -0.339 e. The van der Waals surface area contributed by atoms with Gasteiger partial charge >= 0.3 is 0 Å². The monoisotopic (exact) mass is 413 g/mol. The molecule has 0 saturated heterocycles. The maximum absolute atomic E-state index is 12.6. The number of hydrogen-bond acceptors (Lipinski definition) is 4. The predicted octanol–water partition coefficient (Wildman–Crippen LogP) is 3.30. The van der Waals surface area contributed by atoms with Crippen molar-refractivity contribution in [2.24, 2.45) is 0 Å². The molecule has 0 atom stereocenters. The standard InChI is InChI=1S/C21H20ClN3O4/c1-4-25(5-2)21(29)15-9-7-13(11-17(15)22)23-18(26)12-6-8-14-16(10-12)20(28)24(3)19(14)27/h6-11H,4-5H2,1-3H3,(H,23,26). The summed E-state index contributed by atoms with van der Waals surface area (Å²) >= 11 is 6.25. The minimum atomic E-state index is -0.457. The molecule has 2 aromatic rings. The second kappa shape index (κ2) is 8.05. The van der Waals surface area contributed by atoms with Gasteiger partial charge in [0, 0.05) is 31.4 Å². The van der Waals surface area contributed by atoms with Crippen molar-refractivity contribution in [3.63, 3.8) is 0 Å². The van der Waals surface area contributed by atoms with Crippen LogP contribution in [0.15, 0.2) is 36.4 Å². The zero-order valence-corrected chi connectivity index (χ0v) is 17.0. The lowest BCUT2D eigenvalue weighted by Gasteiger charge is -2.19. The smallest absolute Gasteiger partial charge is 0.261 e. The van der Waals surface area contributed by atoms with Gasteiger partial charge in [-0.15, -0.1) is 0 Å². The molecule has 4 amide bonds. The summed E-state index contributed by atoms with van der Waals surface area (Å²) in [6.07, 6.45) is 0. The fraction of sp³-hybridized carbons (Fsp3) is 0.238. The number of fused-ring (bicyclic) bond motifs is 1. The number of nitrogens with zero attached hydrogens (tertiary/aromatic N) is 2. The third-order valence-electron chi connectivity index (χ3n) is 4.86. The first kappa shape index (κ1) is 20.5. The lowest BCUT2D eigenvalue weighted by molar-refractivity contribution is 0.0691. The number of amides is 4. The first-order chi connectivity index (χ1) is 13.8. The van der Waals surface area contributed by atoms with Crippen LogP contribution in [0.5, 0.6) is 0 Å². The predicted molar refractivity (Wildman–Crippen MR) is 110 cm³/mol. The number of rotatable bonds is 5. The number of nitrogens with one attached hydrogen (secondary N) is 1. The van der Waals surface area contributed by atoms with E-state index < -0.39 is 17.7 Å². The molecule has 0 aliphatic carbocycles. The molecule has 0 unspecified atom stereocenters. The largest absolute Gasteiger partial charge is 0.339 e. The second-order valence-electron chi connectivity index (χ2n) is 6.56. The van der Waals surface area contributed by atoms with Gasteiger partial charge in [0.1, 0.15) is 0 Å². The van der Waals surface area contributed by atoms with Crippen molar-refractivity contribution < 1.29 is 19.2 Å². The highest BCUT2D eigenvalue weighted by Crippen LogP contribution is 2.25. The molecule has 0 saturated carbocycles. The van der Waals surface area contributed by atoms with Crippen molar-refractivity contribution in [2.45, 2.75) is 13.8 Å². The van der Waals surface area contributed by atoms with E-state index in [1.807, 2.05) is 13.8 Å². The molecular weight excluding hydrogens is 394 g/mol. The quantitative estimate of drug-likeness (QED) is 0.762. The number of anilines is 1. The molecule has 0 radical (unpaired) electrons. The molecule has 2 aromatic carbocycles. The molecular formula is C21H20ClN3O4. The summed E-state index contributed by atoms with van der Waals surface area (Å²) in [6, 6.07) is 9.01. The van der Waals surface area contributed by atoms with Gasteiger partial charge in [-0.1, -0.05) is 11.6 Å². The van der Waals surface area contributed by atoms with E-state index >= 15 is 0 Å². The van der Waals surface area contributed by atoms with E-state index in [1.54, 1.807) is 17.0 Å². The molecule has 29 heavy (non-hydrogen) atoms. The van der Waals surface area contributed by atoms with Crippen LogP contribution in [-0.4, -0.2) is 53.6 Å². The van der Waals surface area contributed by atoms with Gasteiger partial charge in [-0.2, -0.15) is 0 Å². The topological polar surface area (TPSA) is 86.8 Å². The lowest BCUT2D eigenvalue weighted by Crippen LogP contribution is -2.30. The number of carbonyl (C=O) groups is 4. The van der Waals surface area contributed by atoms with Crippen LogP contribution in [0.25, 0.3) is 0 Å². The highest BCUT2D eigenvalue weighted by Gasteiger charge is 2.33. The molecule has 1 aliphatic heterocycles. The van der Waals surface area contributed by atoms with Crippen LogP contribution < -0.4 is 5.32 Å². The lowest BCUT2D eigenvalue weighted by atomic mass is 10.1. The zero-order valence-electron chi connectivity index (χ0n) is 16.3. The third-order valence-corrected chi connectivity index (χ3v) is 5.17. The van der Waals surface area contributed by atoms with Crippen molar-refractivity contribution in [1.29, 1.82) is 0 Å². The van der Waals surface area contributed by atoms with E-state index in [1.165, 1.54) is 31.3 Å². The zero-order chi connectivity index (χ0) is 21.3. The molecule has 1 N–H and O–H groups in total. The average Bonchev–Trinajstić information content (AvgIpc) is 2.92. The molecule has 150 valence electrons. The van der Waals surface area contributed by atoms with Gasteiger partial charge in [0.15, 0.2) is 0 Å². The van der Waals surface area contributed by atoms with Crippen molar-refractivity contribution >= 4 is 40.9 Å². The van der Waals surface area contributed by atoms with E-state index in [2.05, 4.69) is 5.32 Å². The van der Waals surface area contributed by atoms with E-state index in [0.29, 0.717) is 24.3 Å². The summed E-state index contributed by atoms with van der Waals surface area (Å²) in [5, 5.41) is 2.93. The van der Waals surface area contributed by atoms with Crippen molar-refractivity contribution in [3.05, 3.63) is 63.7 Å². The van der Waals surface area contributed by atoms with Gasteiger partial charge in [-0.05, 0) is 50.2 Å². The van der Waals surface area contributed by atoms with Gasteiger partial charge in [0.05, 0.1) is 21.7 Å². The number of halogens is 1. The summed E-state index contributed by atoms with van der Waals surface area (Å²) in [7, 11) is 1.40. The van der Waals surface area contributed by atoms with E-state index in [9.17, 15) is 19.2 Å². The van der Waals surface area contributed by atoms with Gasteiger partial charge in [0.2, 0.25) is 0 Å². The fourth-order valence-electron chi connectivity index (χ4n) is 3.15. The Morgan fingerprint density at radius 1 is 1.00 bits per heavy atom. The first-order valence-electron chi connectivity index (χ1n) is 9.15. The molecule has 1 aliphatic rings. The molecule has 3 rings (SSSR count). The second-order valence-corrected chi connectivity index (χ2v) is 6.96. The fourth-order valence-corrected chi connectivity index (χ4v) is 3.41. The van der Waals surface area contributed by atoms with Crippen molar-refractivity contribution in [2.75, 3.05) is 25.5 Å². The average molecular weight is 414 g/mol. The van der Waals surface area contributed by atoms with E-state index in [-0.39, 0.29) is 27.6 Å². The summed E-state index contributed by atoms with van der Waals surface area (Å²) in [4.78, 5) is 51.8. The Morgan fingerprint density at radius 2 is 1.66 bits per heavy atom. The van der Waals surface area contributed by atoms with E-state index in [0.717, 1.165) is 4.90 Å². The van der Waals surface area contributed by atoms with Gasteiger partial charge in [0.25, 0.3) is 23.6 Å². The molecule has 0 aromatic heterocycles. The Morgan fingerprint density at radius 3 is 2.28 bits per heavy atom. The SMILES string of the molecule is CCN(CC)C(=O)c1ccc(NC(=O)c2ccc3c(c2)C(=O)N(C)C3=O)cc1Cl.